The molecule has 1 aromatic rings. The third-order valence-electron chi connectivity index (χ3n) is 3.49. The van der Waals surface area contributed by atoms with Gasteiger partial charge in [0.1, 0.15) is 30.2 Å². The summed E-state index contributed by atoms with van der Waals surface area (Å²) in [6, 6.07) is 5.57. The Hall–Kier alpha value is -2.17. The van der Waals surface area contributed by atoms with Gasteiger partial charge in [-0.05, 0) is 23.8 Å². The molecule has 0 amide bonds. The maximum absolute atomic E-state index is 11.3. The molecule has 0 radical (unpaired) electrons. The lowest BCUT2D eigenvalue weighted by Gasteiger charge is -2.39. The van der Waals surface area contributed by atoms with E-state index in [1.807, 2.05) is 0 Å². The molecule has 1 fully saturated rings. The Kier molecular flexibility index (Phi) is 5.75. The molecule has 0 aliphatic carbocycles. The second kappa shape index (κ2) is 7.60. The quantitative estimate of drug-likeness (QED) is 0.281. The van der Waals surface area contributed by atoms with Gasteiger partial charge in [0.2, 0.25) is 12.0 Å². The monoisotopic (exact) mass is 342 g/mol. The molecule has 1 heterocycles. The zero-order chi connectivity index (χ0) is 17.9. The van der Waals surface area contributed by atoms with Gasteiger partial charge in [0, 0.05) is 0 Å². The molecule has 6 N–H and O–H groups in total. The fraction of sp³-hybridized carbons (Fsp3) is 0.400. The summed E-state index contributed by atoms with van der Waals surface area (Å²) < 4.78 is 10.2. The van der Waals surface area contributed by atoms with Gasteiger partial charge < -0.3 is 40.1 Å². The van der Waals surface area contributed by atoms with Crippen LogP contribution in [0.3, 0.4) is 0 Å². The number of aliphatic hydroxyl groups excluding tert-OH is 4. The lowest BCUT2D eigenvalue weighted by molar-refractivity contribution is -0.291. The highest BCUT2D eigenvalue weighted by Gasteiger charge is 2.45. The van der Waals surface area contributed by atoms with Crippen LogP contribution in [-0.2, 0) is 14.3 Å². The van der Waals surface area contributed by atoms with Gasteiger partial charge in [-0.2, -0.15) is 0 Å². The van der Waals surface area contributed by atoms with E-state index >= 15 is 0 Å². The molecule has 0 unspecified atom stereocenters. The van der Waals surface area contributed by atoms with E-state index in [9.17, 15) is 30.3 Å². The van der Waals surface area contributed by atoms with Crippen molar-refractivity contribution in [1.29, 1.82) is 0 Å². The van der Waals surface area contributed by atoms with Crippen LogP contribution in [0.2, 0.25) is 0 Å². The van der Waals surface area contributed by atoms with Crippen molar-refractivity contribution in [3.8, 4) is 5.75 Å². The van der Waals surface area contributed by atoms with Crippen LogP contribution < -0.4 is 0 Å². The predicted octanol–water partition coefficient (Wildman–Crippen LogP) is -1.37. The van der Waals surface area contributed by atoms with Gasteiger partial charge in [0.25, 0.3) is 0 Å². The standard InChI is InChI=1S/C15H18O9/c16-6-10-11(18)12(19)13(20)15(24-10)23-9(14(21)22)5-7-1-3-8(17)4-2-7/h1-5,10-13,15-20H,6H2,(H,21,22)/b9-5-/t10-,11-,12+,13-,15-/m1/s1. The highest BCUT2D eigenvalue weighted by molar-refractivity contribution is 5.89. The van der Waals surface area contributed by atoms with Gasteiger partial charge in [0.15, 0.2) is 0 Å². The van der Waals surface area contributed by atoms with Crippen LogP contribution in [0.4, 0.5) is 0 Å². The lowest BCUT2D eigenvalue weighted by Crippen LogP contribution is -2.59. The highest BCUT2D eigenvalue weighted by atomic mass is 16.7. The first-order chi connectivity index (χ1) is 11.3. The van der Waals surface area contributed by atoms with Crippen LogP contribution in [0.15, 0.2) is 30.0 Å². The minimum absolute atomic E-state index is 0.00104. The Bertz CT molecular complexity index is 595. The van der Waals surface area contributed by atoms with Crippen LogP contribution in [0.25, 0.3) is 6.08 Å². The number of ether oxygens (including phenoxy) is 2. The number of carboxylic acids is 1. The van der Waals surface area contributed by atoms with E-state index in [1.165, 1.54) is 24.3 Å². The molecular weight excluding hydrogens is 324 g/mol. The molecule has 24 heavy (non-hydrogen) atoms. The average Bonchev–Trinajstić information content (AvgIpc) is 2.56. The minimum Gasteiger partial charge on any atom is -0.508 e. The number of phenols is 1. The fourth-order valence-electron chi connectivity index (χ4n) is 2.16. The van der Waals surface area contributed by atoms with E-state index in [0.29, 0.717) is 5.56 Å². The highest BCUT2D eigenvalue weighted by Crippen LogP contribution is 2.24. The number of hydrogen-bond acceptors (Lipinski definition) is 8. The predicted molar refractivity (Wildman–Crippen MR) is 78.6 cm³/mol. The molecule has 5 atom stereocenters. The smallest absolute Gasteiger partial charge is 0.371 e. The second-order valence-electron chi connectivity index (χ2n) is 5.22. The van der Waals surface area contributed by atoms with Crippen LogP contribution in [0.5, 0.6) is 5.75 Å². The molecule has 1 aromatic carbocycles. The number of phenolic OH excluding ortho intramolecular Hbond substituents is 1. The third kappa shape index (κ3) is 4.02. The lowest BCUT2D eigenvalue weighted by atomic mass is 9.99. The number of carboxylic acid groups (broad SMARTS) is 1. The SMILES string of the molecule is O=C(O)/C(=C/c1ccc(O)cc1)O[C@@H]1O[C@H](CO)[C@@H](O)[C@H](O)[C@H]1O. The zero-order valence-electron chi connectivity index (χ0n) is 12.4. The minimum atomic E-state index is -1.72. The summed E-state index contributed by atoms with van der Waals surface area (Å²) in [5.41, 5.74) is 0.398. The second-order valence-corrected chi connectivity index (χ2v) is 5.22. The molecular formula is C15H18O9. The summed E-state index contributed by atoms with van der Waals surface area (Å²) in [6.45, 7) is -0.658. The van der Waals surface area contributed by atoms with Crippen LogP contribution >= 0.6 is 0 Å². The maximum atomic E-state index is 11.3. The fourth-order valence-corrected chi connectivity index (χ4v) is 2.16. The van der Waals surface area contributed by atoms with Crippen molar-refractivity contribution in [2.75, 3.05) is 6.61 Å². The Balaban J connectivity index is 2.20. The van der Waals surface area contributed by atoms with Gasteiger partial charge in [-0.1, -0.05) is 12.1 Å². The van der Waals surface area contributed by atoms with E-state index in [0.717, 1.165) is 6.08 Å². The number of aromatic hydroxyl groups is 1. The largest absolute Gasteiger partial charge is 0.508 e. The van der Waals surface area contributed by atoms with Crippen molar-refractivity contribution in [2.45, 2.75) is 30.7 Å². The van der Waals surface area contributed by atoms with Crippen LogP contribution in [-0.4, -0.2) is 73.9 Å². The Morgan fingerprint density at radius 2 is 1.75 bits per heavy atom. The number of carbonyl (C=O) groups is 1. The molecule has 1 aliphatic heterocycles. The van der Waals surface area contributed by atoms with E-state index < -0.39 is 49.0 Å². The molecule has 1 aliphatic rings. The number of benzene rings is 1. The normalized spacial score (nSPS) is 30.8. The van der Waals surface area contributed by atoms with Crippen molar-refractivity contribution in [2.24, 2.45) is 0 Å². The van der Waals surface area contributed by atoms with Gasteiger partial charge in [-0.15, -0.1) is 0 Å². The Labute approximate surface area is 136 Å². The first-order valence-electron chi connectivity index (χ1n) is 7.04. The van der Waals surface area contributed by atoms with Crippen molar-refractivity contribution < 1.29 is 44.9 Å². The molecule has 0 spiro atoms. The first kappa shape index (κ1) is 18.2. The molecule has 0 aromatic heterocycles. The first-order valence-corrected chi connectivity index (χ1v) is 7.04. The number of aliphatic carboxylic acids is 1. The van der Waals surface area contributed by atoms with Crippen molar-refractivity contribution in [1.82, 2.24) is 0 Å². The van der Waals surface area contributed by atoms with E-state index in [1.54, 1.807) is 0 Å². The zero-order valence-corrected chi connectivity index (χ0v) is 12.4. The number of rotatable bonds is 5. The maximum Gasteiger partial charge on any atom is 0.371 e. The molecule has 1 saturated heterocycles. The molecule has 9 nitrogen and oxygen atoms in total. The number of aliphatic hydroxyl groups is 4. The topological polar surface area (TPSA) is 157 Å². The Morgan fingerprint density at radius 1 is 1.12 bits per heavy atom. The summed E-state index contributed by atoms with van der Waals surface area (Å²) >= 11 is 0. The van der Waals surface area contributed by atoms with Crippen LogP contribution in [0.1, 0.15) is 5.56 Å². The Morgan fingerprint density at radius 3 is 2.29 bits per heavy atom. The van der Waals surface area contributed by atoms with Gasteiger partial charge in [-0.3, -0.25) is 0 Å². The van der Waals surface area contributed by atoms with Crippen molar-refractivity contribution >= 4 is 12.0 Å². The van der Waals surface area contributed by atoms with Crippen molar-refractivity contribution in [3.63, 3.8) is 0 Å². The van der Waals surface area contributed by atoms with Crippen LogP contribution in [0, 0.1) is 0 Å². The van der Waals surface area contributed by atoms with Gasteiger partial charge in [-0.25, -0.2) is 4.79 Å². The molecule has 0 bridgehead atoms. The average molecular weight is 342 g/mol. The number of hydrogen-bond donors (Lipinski definition) is 6. The molecule has 9 heteroatoms. The third-order valence-corrected chi connectivity index (χ3v) is 3.49. The summed E-state index contributed by atoms with van der Waals surface area (Å²) in [4.78, 5) is 11.3. The molecule has 0 saturated carbocycles. The summed E-state index contributed by atoms with van der Waals surface area (Å²) in [6.07, 6.45) is -6.64. The van der Waals surface area contributed by atoms with Gasteiger partial charge >= 0.3 is 5.97 Å². The van der Waals surface area contributed by atoms with E-state index in [2.05, 4.69) is 0 Å². The van der Waals surface area contributed by atoms with Crippen molar-refractivity contribution in [3.05, 3.63) is 35.6 Å². The molecule has 2 rings (SSSR count). The van der Waals surface area contributed by atoms with E-state index in [-0.39, 0.29) is 5.75 Å². The summed E-state index contributed by atoms with van der Waals surface area (Å²) in [7, 11) is 0. The van der Waals surface area contributed by atoms with Gasteiger partial charge in [0.05, 0.1) is 6.61 Å². The molecule has 132 valence electrons. The summed E-state index contributed by atoms with van der Waals surface area (Å²) in [5, 5.41) is 56.7. The van der Waals surface area contributed by atoms with E-state index in [4.69, 9.17) is 14.6 Å². The summed E-state index contributed by atoms with van der Waals surface area (Å²) in [5.74, 6) is -2.05.